The Labute approximate surface area is 129 Å². The number of aryl methyl sites for hydroxylation is 1. The molecule has 120 valence electrons. The van der Waals surface area contributed by atoms with Gasteiger partial charge in [-0.25, -0.2) is 0 Å². The van der Waals surface area contributed by atoms with Crippen LogP contribution in [0.3, 0.4) is 0 Å². The van der Waals surface area contributed by atoms with Crippen molar-refractivity contribution in [2.45, 2.75) is 31.7 Å². The fraction of sp³-hybridized carbons (Fsp3) is 0.500. The van der Waals surface area contributed by atoms with Crippen molar-refractivity contribution in [3.63, 3.8) is 0 Å². The number of ether oxygens (including phenoxy) is 2. The molecule has 1 aromatic carbocycles. The van der Waals surface area contributed by atoms with E-state index >= 15 is 0 Å². The summed E-state index contributed by atoms with van der Waals surface area (Å²) in [6.45, 7) is 2.71. The zero-order valence-electron chi connectivity index (χ0n) is 12.6. The number of carbonyl (C=O) groups is 2. The first-order chi connectivity index (χ1) is 10.5. The van der Waals surface area contributed by atoms with Gasteiger partial charge in [0.2, 0.25) is 0 Å². The third kappa shape index (κ3) is 4.73. The van der Waals surface area contributed by atoms with Gasteiger partial charge in [-0.15, -0.1) is 0 Å². The maximum atomic E-state index is 12.1. The molecule has 1 heterocycles. The molecule has 0 spiro atoms. The lowest BCUT2D eigenvalue weighted by Crippen LogP contribution is -2.54. The van der Waals surface area contributed by atoms with E-state index in [2.05, 4.69) is 5.32 Å². The lowest BCUT2D eigenvalue weighted by atomic mass is 9.86. The Morgan fingerprint density at radius 2 is 2.09 bits per heavy atom. The molecule has 0 radical (unpaired) electrons. The van der Waals surface area contributed by atoms with Crippen LogP contribution in [-0.4, -0.2) is 42.3 Å². The van der Waals surface area contributed by atoms with Crippen LogP contribution in [0.5, 0.6) is 5.75 Å². The molecule has 0 saturated carbocycles. The minimum Gasteiger partial charge on any atom is -0.484 e. The van der Waals surface area contributed by atoms with Crippen LogP contribution in [-0.2, 0) is 14.3 Å². The van der Waals surface area contributed by atoms with Crippen molar-refractivity contribution in [3.8, 4) is 5.75 Å². The predicted octanol–water partition coefficient (Wildman–Crippen LogP) is 1.51. The maximum absolute atomic E-state index is 12.1. The molecule has 1 aromatic rings. The lowest BCUT2D eigenvalue weighted by Gasteiger charge is -2.36. The molecule has 1 aliphatic rings. The average molecular weight is 307 g/mol. The normalized spacial score (nSPS) is 16.8. The van der Waals surface area contributed by atoms with Crippen LogP contribution in [0.4, 0.5) is 0 Å². The molecule has 1 aliphatic heterocycles. The van der Waals surface area contributed by atoms with Crippen molar-refractivity contribution >= 4 is 11.9 Å². The molecule has 6 nitrogen and oxygen atoms in total. The minimum absolute atomic E-state index is 0.105. The van der Waals surface area contributed by atoms with Gasteiger partial charge >= 0.3 is 5.97 Å². The summed E-state index contributed by atoms with van der Waals surface area (Å²) in [7, 11) is 0. The van der Waals surface area contributed by atoms with Crippen molar-refractivity contribution in [1.29, 1.82) is 0 Å². The minimum atomic E-state index is -0.929. The quantitative estimate of drug-likeness (QED) is 0.832. The number of carbonyl (C=O) groups excluding carboxylic acids is 1. The van der Waals surface area contributed by atoms with Crippen molar-refractivity contribution in [2.75, 3.05) is 19.8 Å². The van der Waals surface area contributed by atoms with Crippen LogP contribution in [0.15, 0.2) is 24.3 Å². The topological polar surface area (TPSA) is 84.9 Å². The highest BCUT2D eigenvalue weighted by molar-refractivity contribution is 5.79. The molecule has 1 fully saturated rings. The Hall–Kier alpha value is -2.08. The number of hydrogen-bond donors (Lipinski definition) is 2. The van der Waals surface area contributed by atoms with Gasteiger partial charge in [-0.05, 0) is 37.5 Å². The van der Waals surface area contributed by atoms with Crippen LogP contribution >= 0.6 is 0 Å². The van der Waals surface area contributed by atoms with Crippen LogP contribution in [0.2, 0.25) is 0 Å². The highest BCUT2D eigenvalue weighted by Gasteiger charge is 2.36. The molecule has 0 unspecified atom stereocenters. The van der Waals surface area contributed by atoms with E-state index in [4.69, 9.17) is 14.6 Å². The number of carboxylic acid groups (broad SMARTS) is 1. The SMILES string of the molecule is Cc1cccc(OCC(=O)NC2(CC(=O)O)CCOCC2)c1. The molecular formula is C16H21NO5. The van der Waals surface area contributed by atoms with Gasteiger partial charge in [0.1, 0.15) is 5.75 Å². The molecule has 0 aromatic heterocycles. The largest absolute Gasteiger partial charge is 0.484 e. The van der Waals surface area contributed by atoms with E-state index in [0.717, 1.165) is 5.56 Å². The summed E-state index contributed by atoms with van der Waals surface area (Å²) in [5.41, 5.74) is 0.307. The van der Waals surface area contributed by atoms with Gasteiger partial charge < -0.3 is 19.9 Å². The number of benzene rings is 1. The van der Waals surface area contributed by atoms with Crippen LogP contribution in [0.25, 0.3) is 0 Å². The van der Waals surface area contributed by atoms with Crippen molar-refractivity contribution in [2.24, 2.45) is 0 Å². The number of carboxylic acids is 1. The van der Waals surface area contributed by atoms with E-state index in [0.29, 0.717) is 31.8 Å². The standard InChI is InChI=1S/C16H21NO5/c1-12-3-2-4-13(9-12)22-11-14(18)17-16(10-15(19)20)5-7-21-8-6-16/h2-4,9H,5-8,10-11H2,1H3,(H,17,18)(H,19,20). The van der Waals surface area contributed by atoms with Crippen LogP contribution in [0.1, 0.15) is 24.8 Å². The van der Waals surface area contributed by atoms with Gasteiger partial charge in [-0.1, -0.05) is 12.1 Å². The summed E-state index contributed by atoms with van der Waals surface area (Å²) in [5, 5.41) is 11.9. The molecule has 2 N–H and O–H groups in total. The van der Waals surface area contributed by atoms with E-state index in [1.54, 1.807) is 6.07 Å². The van der Waals surface area contributed by atoms with E-state index in [1.165, 1.54) is 0 Å². The molecule has 22 heavy (non-hydrogen) atoms. The van der Waals surface area contributed by atoms with Crippen LogP contribution in [0, 0.1) is 6.92 Å². The number of amides is 1. The van der Waals surface area contributed by atoms with Gasteiger partial charge in [-0.3, -0.25) is 9.59 Å². The first-order valence-electron chi connectivity index (χ1n) is 7.29. The van der Waals surface area contributed by atoms with E-state index < -0.39 is 11.5 Å². The second-order valence-electron chi connectivity index (χ2n) is 5.62. The summed E-state index contributed by atoms with van der Waals surface area (Å²) < 4.78 is 10.7. The fourth-order valence-electron chi connectivity index (χ4n) is 2.58. The fourth-order valence-corrected chi connectivity index (χ4v) is 2.58. The third-order valence-electron chi connectivity index (χ3n) is 3.70. The summed E-state index contributed by atoms with van der Waals surface area (Å²) in [6, 6.07) is 7.42. The van der Waals surface area contributed by atoms with E-state index in [9.17, 15) is 9.59 Å². The monoisotopic (exact) mass is 307 g/mol. The second-order valence-corrected chi connectivity index (χ2v) is 5.62. The third-order valence-corrected chi connectivity index (χ3v) is 3.70. The molecule has 0 atom stereocenters. The molecule has 0 bridgehead atoms. The molecule has 6 heteroatoms. The summed E-state index contributed by atoms with van der Waals surface area (Å²) >= 11 is 0. The van der Waals surface area contributed by atoms with Gasteiger partial charge in [0.05, 0.1) is 12.0 Å². The van der Waals surface area contributed by atoms with Gasteiger partial charge in [0, 0.05) is 13.2 Å². The van der Waals surface area contributed by atoms with Crippen molar-refractivity contribution in [1.82, 2.24) is 5.32 Å². The zero-order valence-corrected chi connectivity index (χ0v) is 12.6. The molecule has 1 amide bonds. The Balaban J connectivity index is 1.92. The summed E-state index contributed by atoms with van der Waals surface area (Å²) in [5.74, 6) is -0.624. The Morgan fingerprint density at radius 1 is 1.36 bits per heavy atom. The lowest BCUT2D eigenvalue weighted by molar-refractivity contribution is -0.140. The number of rotatable bonds is 6. The van der Waals surface area contributed by atoms with Gasteiger partial charge in [-0.2, -0.15) is 0 Å². The highest BCUT2D eigenvalue weighted by atomic mass is 16.5. The maximum Gasteiger partial charge on any atom is 0.305 e. The first kappa shape index (κ1) is 16.3. The number of nitrogens with one attached hydrogen (secondary N) is 1. The molecule has 0 aliphatic carbocycles. The molecule has 2 rings (SSSR count). The van der Waals surface area contributed by atoms with E-state index in [1.807, 2.05) is 25.1 Å². The zero-order chi connectivity index (χ0) is 16.0. The summed E-state index contributed by atoms with van der Waals surface area (Å²) in [6.07, 6.45) is 0.886. The molecular weight excluding hydrogens is 286 g/mol. The number of hydrogen-bond acceptors (Lipinski definition) is 4. The predicted molar refractivity (Wildman–Crippen MR) is 79.9 cm³/mol. The van der Waals surface area contributed by atoms with Crippen molar-refractivity contribution < 1.29 is 24.2 Å². The Kier molecular flexibility index (Phi) is 5.38. The average Bonchev–Trinajstić information content (AvgIpc) is 2.45. The Bertz CT molecular complexity index is 537. The Morgan fingerprint density at radius 3 is 2.73 bits per heavy atom. The summed E-state index contributed by atoms with van der Waals surface area (Å²) in [4.78, 5) is 23.1. The van der Waals surface area contributed by atoms with E-state index in [-0.39, 0.29) is 18.9 Å². The van der Waals surface area contributed by atoms with Gasteiger partial charge in [0.15, 0.2) is 6.61 Å². The highest BCUT2D eigenvalue weighted by Crippen LogP contribution is 2.24. The van der Waals surface area contributed by atoms with Gasteiger partial charge in [0.25, 0.3) is 5.91 Å². The number of aliphatic carboxylic acids is 1. The van der Waals surface area contributed by atoms with Crippen LogP contribution < -0.4 is 10.1 Å². The molecule has 1 saturated heterocycles. The second kappa shape index (κ2) is 7.26. The smallest absolute Gasteiger partial charge is 0.305 e. The van der Waals surface area contributed by atoms with Crippen molar-refractivity contribution in [3.05, 3.63) is 29.8 Å². The first-order valence-corrected chi connectivity index (χ1v) is 7.29.